The average molecular weight is 487 g/mol. The van der Waals surface area contributed by atoms with E-state index in [2.05, 4.69) is 4.90 Å². The largest absolute Gasteiger partial charge is 0.507 e. The third kappa shape index (κ3) is 4.89. The number of phenolic OH excluding ortho intramolecular Hbond substituents is 1. The number of amides is 1. The number of halogens is 1. The van der Waals surface area contributed by atoms with Crippen molar-refractivity contribution in [3.8, 4) is 11.5 Å². The highest BCUT2D eigenvalue weighted by atomic mass is 35.5. The molecular weight excluding hydrogens is 460 g/mol. The molecule has 0 aromatic heterocycles. The number of carbonyl (C=O) groups is 2. The van der Waals surface area contributed by atoms with Gasteiger partial charge in [0.15, 0.2) is 0 Å². The molecule has 2 aliphatic heterocycles. The predicted molar refractivity (Wildman–Crippen MR) is 127 cm³/mol. The molecule has 2 N–H and O–H groups in total. The number of ketones is 1. The summed E-state index contributed by atoms with van der Waals surface area (Å²) in [5.74, 6) is -1.66. The van der Waals surface area contributed by atoms with E-state index in [0.717, 1.165) is 19.6 Å². The first-order chi connectivity index (χ1) is 16.4. The van der Waals surface area contributed by atoms with Gasteiger partial charge < -0.3 is 24.6 Å². The molecule has 9 heteroatoms. The number of phenols is 1. The zero-order valence-corrected chi connectivity index (χ0v) is 19.6. The van der Waals surface area contributed by atoms with Gasteiger partial charge in [0.1, 0.15) is 17.3 Å². The molecule has 1 atom stereocenters. The van der Waals surface area contributed by atoms with Gasteiger partial charge in [-0.3, -0.25) is 14.5 Å². The first kappa shape index (κ1) is 24.1. The van der Waals surface area contributed by atoms with Crippen LogP contribution in [-0.2, 0) is 14.3 Å². The fourth-order valence-corrected chi connectivity index (χ4v) is 4.57. The van der Waals surface area contributed by atoms with Crippen LogP contribution >= 0.6 is 11.6 Å². The van der Waals surface area contributed by atoms with Gasteiger partial charge in [-0.15, -0.1) is 0 Å². The SMILES string of the molecule is COc1cccc(C2/C(=C(\O)c3cc(Cl)ccc3O)C(=O)C(=O)N2CCCN2CCOCC2)c1. The van der Waals surface area contributed by atoms with Gasteiger partial charge in [-0.25, -0.2) is 0 Å². The number of rotatable bonds is 7. The Labute approximate surface area is 202 Å². The Balaban J connectivity index is 1.72. The molecule has 0 bridgehead atoms. The van der Waals surface area contributed by atoms with Crippen molar-refractivity contribution in [2.75, 3.05) is 46.5 Å². The molecule has 34 heavy (non-hydrogen) atoms. The second-order valence-corrected chi connectivity index (χ2v) is 8.67. The summed E-state index contributed by atoms with van der Waals surface area (Å²) in [4.78, 5) is 30.0. The second kappa shape index (κ2) is 10.5. The highest BCUT2D eigenvalue weighted by molar-refractivity contribution is 6.46. The molecule has 1 amide bonds. The predicted octanol–water partition coefficient (Wildman–Crippen LogP) is 3.20. The molecule has 0 saturated carbocycles. The number of ether oxygens (including phenoxy) is 2. The number of Topliss-reactive ketones (excluding diaryl/α,β-unsaturated/α-hetero) is 1. The van der Waals surface area contributed by atoms with Crippen molar-refractivity contribution in [1.29, 1.82) is 0 Å². The van der Waals surface area contributed by atoms with Crippen LogP contribution in [0.4, 0.5) is 0 Å². The maximum Gasteiger partial charge on any atom is 0.295 e. The monoisotopic (exact) mass is 486 g/mol. The summed E-state index contributed by atoms with van der Waals surface area (Å²) in [7, 11) is 1.53. The van der Waals surface area contributed by atoms with Crippen LogP contribution in [0.3, 0.4) is 0 Å². The third-order valence-electron chi connectivity index (χ3n) is 6.14. The van der Waals surface area contributed by atoms with Crippen molar-refractivity contribution in [3.05, 3.63) is 64.2 Å². The van der Waals surface area contributed by atoms with Crippen LogP contribution in [0, 0.1) is 0 Å². The van der Waals surface area contributed by atoms with Gasteiger partial charge in [0.05, 0.1) is 37.5 Å². The van der Waals surface area contributed by atoms with Gasteiger partial charge in [0.25, 0.3) is 11.7 Å². The molecule has 1 unspecified atom stereocenters. The van der Waals surface area contributed by atoms with Gasteiger partial charge in [-0.1, -0.05) is 23.7 Å². The fraction of sp³-hybridized carbons (Fsp3) is 0.360. The van der Waals surface area contributed by atoms with E-state index in [0.29, 0.717) is 37.5 Å². The van der Waals surface area contributed by atoms with Gasteiger partial charge in [-0.05, 0) is 42.3 Å². The molecule has 0 radical (unpaired) electrons. The summed E-state index contributed by atoms with van der Waals surface area (Å²) >= 11 is 6.06. The number of hydrogen-bond acceptors (Lipinski definition) is 7. The van der Waals surface area contributed by atoms with Crippen molar-refractivity contribution in [2.45, 2.75) is 12.5 Å². The molecule has 2 aromatic carbocycles. The van der Waals surface area contributed by atoms with Crippen LogP contribution in [0.15, 0.2) is 48.0 Å². The zero-order valence-electron chi connectivity index (χ0n) is 18.9. The number of nitrogens with zero attached hydrogens (tertiary/aromatic N) is 2. The standard InChI is InChI=1S/C25H27ClN2O6/c1-33-18-5-2-4-16(14-18)22-21(23(30)19-15-17(26)6-7-20(19)29)24(31)25(32)28(22)9-3-8-27-10-12-34-13-11-27/h2,4-7,14-15,22,29-30H,3,8-13H2,1H3/b23-21+. The van der Waals surface area contributed by atoms with Crippen molar-refractivity contribution in [1.82, 2.24) is 9.80 Å². The topological polar surface area (TPSA) is 99.5 Å². The molecule has 4 rings (SSSR count). The lowest BCUT2D eigenvalue weighted by molar-refractivity contribution is -0.140. The minimum Gasteiger partial charge on any atom is -0.507 e. The van der Waals surface area contributed by atoms with E-state index in [9.17, 15) is 19.8 Å². The minimum atomic E-state index is -0.835. The highest BCUT2D eigenvalue weighted by Gasteiger charge is 2.46. The van der Waals surface area contributed by atoms with Crippen LogP contribution in [-0.4, -0.2) is 78.2 Å². The van der Waals surface area contributed by atoms with E-state index in [1.807, 2.05) is 0 Å². The van der Waals surface area contributed by atoms with Crippen LogP contribution in [0.1, 0.15) is 23.6 Å². The second-order valence-electron chi connectivity index (χ2n) is 8.24. The Hall–Kier alpha value is -3.07. The van der Waals surface area contributed by atoms with Crippen molar-refractivity contribution >= 4 is 29.1 Å². The van der Waals surface area contributed by atoms with Crippen LogP contribution < -0.4 is 4.74 Å². The quantitative estimate of drug-likeness (QED) is 0.352. The van der Waals surface area contributed by atoms with Crippen LogP contribution in [0.5, 0.6) is 11.5 Å². The van der Waals surface area contributed by atoms with Crippen molar-refractivity contribution in [2.24, 2.45) is 0 Å². The Morgan fingerprint density at radius 1 is 1.15 bits per heavy atom. The maximum atomic E-state index is 13.1. The molecule has 8 nitrogen and oxygen atoms in total. The van der Waals surface area contributed by atoms with Gasteiger partial charge >= 0.3 is 0 Å². The number of benzene rings is 2. The smallest absolute Gasteiger partial charge is 0.295 e. The lowest BCUT2D eigenvalue weighted by Gasteiger charge is -2.29. The number of aliphatic hydroxyl groups excluding tert-OH is 1. The number of likely N-dealkylation sites (tertiary alicyclic amines) is 1. The Morgan fingerprint density at radius 2 is 1.91 bits per heavy atom. The summed E-state index contributed by atoms with van der Waals surface area (Å²) in [6.45, 7) is 4.08. The number of aromatic hydroxyl groups is 1. The maximum absolute atomic E-state index is 13.1. The van der Waals surface area contributed by atoms with E-state index in [1.165, 1.54) is 30.2 Å². The summed E-state index contributed by atoms with van der Waals surface area (Å²) in [6, 6.07) is 10.4. The minimum absolute atomic E-state index is 0.00767. The summed E-state index contributed by atoms with van der Waals surface area (Å²) in [5.41, 5.74) is 0.516. The first-order valence-corrected chi connectivity index (χ1v) is 11.5. The van der Waals surface area contributed by atoms with E-state index in [-0.39, 0.29) is 21.9 Å². The van der Waals surface area contributed by atoms with E-state index in [4.69, 9.17) is 21.1 Å². The van der Waals surface area contributed by atoms with Gasteiger partial charge in [0.2, 0.25) is 0 Å². The number of morpholine rings is 1. The molecule has 180 valence electrons. The molecule has 2 aliphatic rings. The molecule has 2 fully saturated rings. The summed E-state index contributed by atoms with van der Waals surface area (Å²) in [6.07, 6.45) is 0.649. The highest BCUT2D eigenvalue weighted by Crippen LogP contribution is 2.42. The lowest BCUT2D eigenvalue weighted by Crippen LogP contribution is -2.38. The number of aliphatic hydroxyl groups is 1. The number of carbonyl (C=O) groups excluding carboxylic acids is 2. The molecule has 0 aliphatic carbocycles. The number of hydrogen-bond donors (Lipinski definition) is 2. The lowest BCUT2D eigenvalue weighted by atomic mass is 9.95. The van der Waals surface area contributed by atoms with Crippen molar-refractivity contribution < 1.29 is 29.3 Å². The third-order valence-corrected chi connectivity index (χ3v) is 6.38. The first-order valence-electron chi connectivity index (χ1n) is 11.1. The Kier molecular flexibility index (Phi) is 7.41. The fourth-order valence-electron chi connectivity index (χ4n) is 4.40. The zero-order chi connectivity index (χ0) is 24.2. The average Bonchev–Trinajstić information content (AvgIpc) is 3.11. The number of methoxy groups -OCH3 is 1. The molecular formula is C25H27ClN2O6. The van der Waals surface area contributed by atoms with E-state index < -0.39 is 23.5 Å². The summed E-state index contributed by atoms with van der Waals surface area (Å²) < 4.78 is 10.7. The van der Waals surface area contributed by atoms with Gasteiger partial charge in [-0.2, -0.15) is 0 Å². The van der Waals surface area contributed by atoms with Crippen LogP contribution in [0.25, 0.3) is 5.76 Å². The molecule has 2 saturated heterocycles. The van der Waals surface area contributed by atoms with E-state index in [1.54, 1.807) is 24.3 Å². The van der Waals surface area contributed by atoms with Crippen molar-refractivity contribution in [3.63, 3.8) is 0 Å². The molecule has 0 spiro atoms. The normalized spacial score (nSPS) is 20.6. The van der Waals surface area contributed by atoms with Crippen LogP contribution in [0.2, 0.25) is 5.02 Å². The van der Waals surface area contributed by atoms with E-state index >= 15 is 0 Å². The Bertz CT molecular complexity index is 1110. The van der Waals surface area contributed by atoms with Gasteiger partial charge in [0, 0.05) is 31.2 Å². The molecule has 2 heterocycles. The Morgan fingerprint density at radius 3 is 2.65 bits per heavy atom. The summed E-state index contributed by atoms with van der Waals surface area (Å²) in [5, 5.41) is 21.7. The molecule has 2 aromatic rings.